The summed E-state index contributed by atoms with van der Waals surface area (Å²) in [6.07, 6.45) is 49.9. The lowest BCUT2D eigenvalue weighted by molar-refractivity contribution is -0.161. The molecule has 0 aromatic carbocycles. The van der Waals surface area contributed by atoms with Crippen LogP contribution in [-0.2, 0) is 65.4 Å². The Kier molecular flexibility index (Phi) is 63.4. The van der Waals surface area contributed by atoms with Crippen LogP contribution in [0.5, 0.6) is 0 Å². The average molecular weight is 1370 g/mol. The second-order valence-electron chi connectivity index (χ2n) is 28.1. The first-order chi connectivity index (χ1) is 44.7. The van der Waals surface area contributed by atoms with E-state index in [2.05, 4.69) is 48.5 Å². The Morgan fingerprint density at radius 2 is 0.495 bits per heavy atom. The van der Waals surface area contributed by atoms with E-state index in [-0.39, 0.29) is 25.7 Å². The summed E-state index contributed by atoms with van der Waals surface area (Å²) in [5.41, 5.74) is 0. The number of hydrogen-bond acceptors (Lipinski definition) is 15. The predicted molar refractivity (Wildman–Crippen MR) is 377 cm³/mol. The van der Waals surface area contributed by atoms with Crippen molar-refractivity contribution in [2.45, 2.75) is 394 Å². The highest BCUT2D eigenvalue weighted by Gasteiger charge is 2.30. The first kappa shape index (κ1) is 91.1. The van der Waals surface area contributed by atoms with Gasteiger partial charge in [0.05, 0.1) is 26.4 Å². The fourth-order valence-electron chi connectivity index (χ4n) is 11.2. The summed E-state index contributed by atoms with van der Waals surface area (Å²) in [7, 11) is -9.91. The van der Waals surface area contributed by atoms with Crippen LogP contribution >= 0.6 is 15.6 Å². The molecule has 0 aromatic heterocycles. The summed E-state index contributed by atoms with van der Waals surface area (Å²) in [5.74, 6) is 0.129. The van der Waals surface area contributed by atoms with Crippen LogP contribution in [-0.4, -0.2) is 96.7 Å². The molecule has 552 valence electrons. The third-order valence-corrected chi connectivity index (χ3v) is 19.0. The number of hydrogen-bond donors (Lipinski definition) is 3. The Bertz CT molecular complexity index is 1820. The zero-order valence-corrected chi connectivity index (χ0v) is 62.5. The number of ether oxygens (including phenoxy) is 4. The van der Waals surface area contributed by atoms with Gasteiger partial charge in [0.1, 0.15) is 19.3 Å². The van der Waals surface area contributed by atoms with E-state index < -0.39 is 97.5 Å². The molecular formula is C74H144O17P2. The smallest absolute Gasteiger partial charge is 0.462 e. The van der Waals surface area contributed by atoms with E-state index in [9.17, 15) is 43.2 Å². The molecule has 0 aliphatic rings. The number of unbranched alkanes of at least 4 members (excludes halogenated alkanes) is 40. The standard InChI is InChI=1S/C74H144O17P2/c1-8-9-10-11-12-13-14-15-18-21-26-34-41-48-55-71(76)84-61-69(90-73(78)57-50-43-36-27-22-19-16-17-20-24-31-38-45-52-65(2)3)63-88-92(80,81)86-59-68(75)60-87-93(82,83)89-64-70(62-85-72(77)56-49-42-35-30-29-33-40-47-54-67(6)7)91-74(79)58-51-44-37-28-23-25-32-39-46-53-66(4)5/h65-70,75H,8-64H2,1-7H3,(H,80,81)(H,82,83)/t68-,69-,70-/m1/s1. The van der Waals surface area contributed by atoms with E-state index in [1.54, 1.807) is 0 Å². The fourth-order valence-corrected chi connectivity index (χ4v) is 12.8. The molecular weight excluding hydrogens is 1220 g/mol. The minimum absolute atomic E-state index is 0.105. The Hall–Kier alpha value is -1.94. The highest BCUT2D eigenvalue weighted by atomic mass is 31.2. The van der Waals surface area contributed by atoms with Crippen molar-refractivity contribution in [2.75, 3.05) is 39.6 Å². The molecule has 17 nitrogen and oxygen atoms in total. The van der Waals surface area contributed by atoms with Crippen molar-refractivity contribution < 1.29 is 80.2 Å². The third kappa shape index (κ3) is 68.4. The van der Waals surface area contributed by atoms with Gasteiger partial charge in [0.25, 0.3) is 0 Å². The molecule has 3 N–H and O–H groups in total. The summed E-state index contributed by atoms with van der Waals surface area (Å²) < 4.78 is 68.5. The Balaban J connectivity index is 5.26. The van der Waals surface area contributed by atoms with E-state index in [1.165, 1.54) is 186 Å². The normalized spacial score (nSPS) is 14.1. The van der Waals surface area contributed by atoms with E-state index >= 15 is 0 Å². The molecule has 0 heterocycles. The molecule has 0 spiro atoms. The van der Waals surface area contributed by atoms with Crippen molar-refractivity contribution in [3.8, 4) is 0 Å². The van der Waals surface area contributed by atoms with Gasteiger partial charge in [0.2, 0.25) is 0 Å². The van der Waals surface area contributed by atoms with Crippen LogP contribution < -0.4 is 0 Å². The van der Waals surface area contributed by atoms with Gasteiger partial charge < -0.3 is 33.8 Å². The Labute approximate surface area is 568 Å². The predicted octanol–water partition coefficient (Wildman–Crippen LogP) is 21.4. The van der Waals surface area contributed by atoms with Crippen molar-refractivity contribution in [1.82, 2.24) is 0 Å². The van der Waals surface area contributed by atoms with Crippen molar-refractivity contribution in [3.63, 3.8) is 0 Å². The molecule has 5 atom stereocenters. The molecule has 2 unspecified atom stereocenters. The van der Waals surface area contributed by atoms with Crippen molar-refractivity contribution in [1.29, 1.82) is 0 Å². The molecule has 0 saturated heterocycles. The number of phosphoric ester groups is 2. The molecule has 0 rings (SSSR count). The number of rotatable bonds is 72. The quantitative estimate of drug-likeness (QED) is 0.0222. The van der Waals surface area contributed by atoms with Gasteiger partial charge in [-0.1, -0.05) is 325 Å². The number of phosphoric acid groups is 2. The van der Waals surface area contributed by atoms with Gasteiger partial charge in [-0.25, -0.2) is 9.13 Å². The first-order valence-corrected chi connectivity index (χ1v) is 41.3. The van der Waals surface area contributed by atoms with Gasteiger partial charge in [-0.3, -0.25) is 37.3 Å². The molecule has 0 bridgehead atoms. The SMILES string of the molecule is CCCCCCCCCCCCCCCCC(=O)OC[C@H](COP(=O)(O)OC[C@@H](O)COP(=O)(O)OC[C@@H](COC(=O)CCCCCCCCCCC(C)C)OC(=O)CCCCCCCCCCCC(C)C)OC(=O)CCCCCCCCCCCCCCCC(C)C. The minimum atomic E-state index is -4.96. The van der Waals surface area contributed by atoms with Crippen LogP contribution in [0.2, 0.25) is 0 Å². The minimum Gasteiger partial charge on any atom is -0.462 e. The van der Waals surface area contributed by atoms with Crippen molar-refractivity contribution in [2.24, 2.45) is 17.8 Å². The van der Waals surface area contributed by atoms with Gasteiger partial charge in [-0.2, -0.15) is 0 Å². The maximum Gasteiger partial charge on any atom is 0.472 e. The van der Waals surface area contributed by atoms with E-state index in [0.29, 0.717) is 25.7 Å². The maximum atomic E-state index is 13.1. The monoisotopic (exact) mass is 1370 g/mol. The van der Waals surface area contributed by atoms with Crippen LogP contribution in [0.15, 0.2) is 0 Å². The number of carbonyl (C=O) groups excluding carboxylic acids is 4. The first-order valence-electron chi connectivity index (χ1n) is 38.3. The van der Waals surface area contributed by atoms with Crippen LogP contribution in [0, 0.1) is 17.8 Å². The number of esters is 4. The summed E-state index contributed by atoms with van der Waals surface area (Å²) in [5, 5.41) is 10.6. The zero-order chi connectivity index (χ0) is 68.7. The number of aliphatic hydroxyl groups is 1. The Morgan fingerprint density at radius 3 is 0.731 bits per heavy atom. The molecule has 93 heavy (non-hydrogen) atoms. The second-order valence-corrected chi connectivity index (χ2v) is 31.0. The molecule has 0 amide bonds. The lowest BCUT2D eigenvalue weighted by Gasteiger charge is -2.21. The highest BCUT2D eigenvalue weighted by Crippen LogP contribution is 2.45. The van der Waals surface area contributed by atoms with Crippen molar-refractivity contribution in [3.05, 3.63) is 0 Å². The molecule has 0 aliphatic heterocycles. The largest absolute Gasteiger partial charge is 0.472 e. The van der Waals surface area contributed by atoms with Crippen LogP contribution in [0.4, 0.5) is 0 Å². The summed E-state index contributed by atoms with van der Waals surface area (Å²) in [6, 6.07) is 0. The molecule has 19 heteroatoms. The maximum absolute atomic E-state index is 13.1. The van der Waals surface area contributed by atoms with Crippen LogP contribution in [0.25, 0.3) is 0 Å². The van der Waals surface area contributed by atoms with Crippen molar-refractivity contribution >= 4 is 39.5 Å². The third-order valence-electron chi connectivity index (χ3n) is 17.1. The summed E-state index contributed by atoms with van der Waals surface area (Å²) >= 11 is 0. The second kappa shape index (κ2) is 64.7. The van der Waals surface area contributed by atoms with Gasteiger partial charge in [-0.15, -0.1) is 0 Å². The van der Waals surface area contributed by atoms with E-state index in [4.69, 9.17) is 37.0 Å². The van der Waals surface area contributed by atoms with Gasteiger partial charge in [0.15, 0.2) is 12.2 Å². The van der Waals surface area contributed by atoms with Gasteiger partial charge in [0, 0.05) is 25.7 Å². The fraction of sp³-hybridized carbons (Fsp3) is 0.946. The van der Waals surface area contributed by atoms with Crippen LogP contribution in [0.3, 0.4) is 0 Å². The molecule has 0 aliphatic carbocycles. The number of carbonyl (C=O) groups is 4. The molecule has 0 radical (unpaired) electrons. The highest BCUT2D eigenvalue weighted by molar-refractivity contribution is 7.47. The number of aliphatic hydroxyl groups excluding tert-OH is 1. The van der Waals surface area contributed by atoms with Gasteiger partial charge in [-0.05, 0) is 43.4 Å². The van der Waals surface area contributed by atoms with E-state index in [0.717, 1.165) is 108 Å². The summed E-state index contributed by atoms with van der Waals surface area (Å²) in [6.45, 7) is 11.8. The molecule has 0 saturated carbocycles. The lowest BCUT2D eigenvalue weighted by atomic mass is 10.0. The average Bonchev–Trinajstić information content (AvgIpc) is 2.07. The Morgan fingerprint density at radius 1 is 0.290 bits per heavy atom. The zero-order valence-electron chi connectivity index (χ0n) is 60.7. The molecule has 0 fully saturated rings. The van der Waals surface area contributed by atoms with Crippen LogP contribution in [0.1, 0.15) is 376 Å². The van der Waals surface area contributed by atoms with E-state index in [1.807, 2.05) is 0 Å². The molecule has 0 aromatic rings. The topological polar surface area (TPSA) is 237 Å². The lowest BCUT2D eigenvalue weighted by Crippen LogP contribution is -2.30. The summed E-state index contributed by atoms with van der Waals surface area (Å²) in [4.78, 5) is 72.7. The van der Waals surface area contributed by atoms with Gasteiger partial charge >= 0.3 is 39.5 Å².